The van der Waals surface area contributed by atoms with Gasteiger partial charge in [-0.1, -0.05) is 30.3 Å². The fourth-order valence-corrected chi connectivity index (χ4v) is 2.43. The van der Waals surface area contributed by atoms with E-state index in [0.717, 1.165) is 12.1 Å². The van der Waals surface area contributed by atoms with Crippen LogP contribution in [-0.2, 0) is 16.1 Å². The number of hydrogen-bond acceptors (Lipinski definition) is 3. The molecule has 0 aromatic heterocycles. The lowest BCUT2D eigenvalue weighted by Crippen LogP contribution is -2.40. The molecule has 0 saturated heterocycles. The van der Waals surface area contributed by atoms with Crippen molar-refractivity contribution >= 4 is 11.8 Å². The average molecular weight is 303 g/mol. The fraction of sp³-hybridized carbons (Fsp3) is 0.529. The van der Waals surface area contributed by atoms with Gasteiger partial charge >= 0.3 is 0 Å². The van der Waals surface area contributed by atoms with E-state index in [-0.39, 0.29) is 18.2 Å². The van der Waals surface area contributed by atoms with Crippen molar-refractivity contribution in [3.8, 4) is 0 Å². The van der Waals surface area contributed by atoms with Crippen LogP contribution in [0, 0.1) is 5.92 Å². The molecule has 1 aromatic rings. The lowest BCUT2D eigenvalue weighted by molar-refractivity contribution is -0.132. The van der Waals surface area contributed by atoms with Crippen molar-refractivity contribution in [2.24, 2.45) is 11.7 Å². The van der Waals surface area contributed by atoms with Crippen LogP contribution in [0.5, 0.6) is 0 Å². The number of carbonyl (C=O) groups excluding carboxylic acids is 2. The summed E-state index contributed by atoms with van der Waals surface area (Å²) < 4.78 is 0. The Morgan fingerprint density at radius 1 is 1.23 bits per heavy atom. The zero-order chi connectivity index (χ0) is 15.9. The number of rotatable bonds is 9. The summed E-state index contributed by atoms with van der Waals surface area (Å²) in [7, 11) is 1.86. The van der Waals surface area contributed by atoms with Gasteiger partial charge in [-0.05, 0) is 24.3 Å². The van der Waals surface area contributed by atoms with Gasteiger partial charge in [0.05, 0.1) is 6.54 Å². The summed E-state index contributed by atoms with van der Waals surface area (Å²) in [5, 5.41) is 0. The molecule has 0 unspecified atom stereocenters. The molecule has 0 radical (unpaired) electrons. The molecular formula is C17H25N3O2. The molecule has 2 amide bonds. The maximum absolute atomic E-state index is 12.3. The van der Waals surface area contributed by atoms with Gasteiger partial charge in [-0.2, -0.15) is 0 Å². The molecule has 5 heteroatoms. The molecule has 0 atom stereocenters. The van der Waals surface area contributed by atoms with Crippen LogP contribution in [0.1, 0.15) is 24.8 Å². The summed E-state index contributed by atoms with van der Waals surface area (Å²) in [5.74, 6) is 0.450. The first-order chi connectivity index (χ1) is 10.5. The number of nitrogens with zero attached hydrogens (tertiary/aromatic N) is 2. The van der Waals surface area contributed by atoms with Crippen molar-refractivity contribution in [2.45, 2.75) is 25.8 Å². The predicted molar refractivity (Wildman–Crippen MR) is 85.9 cm³/mol. The van der Waals surface area contributed by atoms with Gasteiger partial charge in [-0.15, -0.1) is 0 Å². The van der Waals surface area contributed by atoms with E-state index in [2.05, 4.69) is 0 Å². The Balaban J connectivity index is 1.90. The zero-order valence-electron chi connectivity index (χ0n) is 13.2. The van der Waals surface area contributed by atoms with Gasteiger partial charge in [0, 0.05) is 33.1 Å². The molecule has 0 bridgehead atoms. The van der Waals surface area contributed by atoms with Gasteiger partial charge < -0.3 is 10.6 Å². The largest absolute Gasteiger partial charge is 0.370 e. The van der Waals surface area contributed by atoms with Crippen molar-refractivity contribution in [3.05, 3.63) is 35.9 Å². The van der Waals surface area contributed by atoms with Crippen LogP contribution in [0.4, 0.5) is 0 Å². The predicted octanol–water partition coefficient (Wildman–Crippen LogP) is 1.23. The highest BCUT2D eigenvalue weighted by molar-refractivity contribution is 5.78. The Bertz CT molecular complexity index is 500. The van der Waals surface area contributed by atoms with Crippen molar-refractivity contribution in [1.29, 1.82) is 0 Å². The Hall–Kier alpha value is -1.88. The Morgan fingerprint density at radius 2 is 1.91 bits per heavy atom. The summed E-state index contributed by atoms with van der Waals surface area (Å²) >= 11 is 0. The van der Waals surface area contributed by atoms with E-state index in [9.17, 15) is 9.59 Å². The second-order valence-electron chi connectivity index (χ2n) is 6.13. The summed E-state index contributed by atoms with van der Waals surface area (Å²) in [4.78, 5) is 27.1. The monoisotopic (exact) mass is 303 g/mol. The lowest BCUT2D eigenvalue weighted by atomic mass is 10.2. The van der Waals surface area contributed by atoms with Gasteiger partial charge in [0.25, 0.3) is 0 Å². The minimum Gasteiger partial charge on any atom is -0.370 e. The number of carbonyl (C=O) groups is 2. The number of likely N-dealkylation sites (N-methyl/N-ethyl adjacent to an activating group) is 1. The highest BCUT2D eigenvalue weighted by Crippen LogP contribution is 2.29. The minimum absolute atomic E-state index is 0.104. The van der Waals surface area contributed by atoms with E-state index < -0.39 is 0 Å². The van der Waals surface area contributed by atoms with Crippen LogP contribution < -0.4 is 5.73 Å². The van der Waals surface area contributed by atoms with Crippen molar-refractivity contribution in [3.63, 3.8) is 0 Å². The third-order valence-corrected chi connectivity index (χ3v) is 3.94. The Morgan fingerprint density at radius 3 is 2.50 bits per heavy atom. The normalized spacial score (nSPS) is 14.1. The third kappa shape index (κ3) is 5.85. The molecule has 0 aliphatic heterocycles. The minimum atomic E-state index is -0.336. The molecular weight excluding hydrogens is 278 g/mol. The molecule has 5 nitrogen and oxygen atoms in total. The molecule has 22 heavy (non-hydrogen) atoms. The lowest BCUT2D eigenvalue weighted by Gasteiger charge is -2.25. The molecule has 1 saturated carbocycles. The zero-order valence-corrected chi connectivity index (χ0v) is 13.2. The van der Waals surface area contributed by atoms with Crippen molar-refractivity contribution < 1.29 is 9.59 Å². The molecule has 120 valence electrons. The fourth-order valence-electron chi connectivity index (χ4n) is 2.43. The topological polar surface area (TPSA) is 66.6 Å². The summed E-state index contributed by atoms with van der Waals surface area (Å²) in [6.45, 7) is 2.32. The molecule has 2 rings (SSSR count). The van der Waals surface area contributed by atoms with Crippen molar-refractivity contribution in [2.75, 3.05) is 26.7 Å². The average Bonchev–Trinajstić information content (AvgIpc) is 3.29. The first-order valence-corrected chi connectivity index (χ1v) is 7.83. The highest BCUT2D eigenvalue weighted by Gasteiger charge is 2.25. The van der Waals surface area contributed by atoms with E-state index in [1.54, 1.807) is 4.90 Å². The van der Waals surface area contributed by atoms with Gasteiger partial charge in [-0.25, -0.2) is 0 Å². The van der Waals surface area contributed by atoms with E-state index in [4.69, 9.17) is 5.73 Å². The van der Waals surface area contributed by atoms with E-state index >= 15 is 0 Å². The second kappa shape index (κ2) is 7.94. The number of amides is 2. The molecule has 0 heterocycles. The standard InChI is InChI=1S/C17H25N3O2/c1-19(11-15-7-8-15)17(22)13-20(10-9-16(18)21)12-14-5-3-2-4-6-14/h2-6,15H,7-13H2,1H3,(H2,18,21). The van der Waals surface area contributed by atoms with Crippen LogP contribution >= 0.6 is 0 Å². The molecule has 1 fully saturated rings. The highest BCUT2D eigenvalue weighted by atomic mass is 16.2. The smallest absolute Gasteiger partial charge is 0.236 e. The third-order valence-electron chi connectivity index (χ3n) is 3.94. The maximum Gasteiger partial charge on any atom is 0.236 e. The van der Waals surface area contributed by atoms with Gasteiger partial charge in [0.1, 0.15) is 0 Å². The van der Waals surface area contributed by atoms with Gasteiger partial charge in [-0.3, -0.25) is 14.5 Å². The van der Waals surface area contributed by atoms with E-state index in [0.29, 0.717) is 25.6 Å². The SMILES string of the molecule is CN(CC1CC1)C(=O)CN(CCC(N)=O)Cc1ccccc1. The van der Waals surface area contributed by atoms with Crippen LogP contribution in [0.3, 0.4) is 0 Å². The molecule has 1 aromatic carbocycles. The van der Waals surface area contributed by atoms with Crippen LogP contribution in [-0.4, -0.2) is 48.3 Å². The van der Waals surface area contributed by atoms with Gasteiger partial charge in [0.2, 0.25) is 11.8 Å². The second-order valence-corrected chi connectivity index (χ2v) is 6.13. The van der Waals surface area contributed by atoms with Crippen LogP contribution in [0.2, 0.25) is 0 Å². The first kappa shape index (κ1) is 16.5. The van der Waals surface area contributed by atoms with Gasteiger partial charge in [0.15, 0.2) is 0 Å². The number of benzene rings is 1. The van der Waals surface area contributed by atoms with E-state index in [1.807, 2.05) is 42.3 Å². The maximum atomic E-state index is 12.3. The Labute approximate surface area is 132 Å². The van der Waals surface area contributed by atoms with E-state index in [1.165, 1.54) is 12.8 Å². The summed E-state index contributed by atoms with van der Waals surface area (Å²) in [6, 6.07) is 9.96. The number of nitrogens with two attached hydrogens (primary N) is 1. The molecule has 1 aliphatic rings. The summed E-state index contributed by atoms with van der Waals surface area (Å²) in [5.41, 5.74) is 6.37. The number of primary amides is 1. The van der Waals surface area contributed by atoms with Crippen LogP contribution in [0.25, 0.3) is 0 Å². The number of hydrogen-bond donors (Lipinski definition) is 1. The first-order valence-electron chi connectivity index (χ1n) is 7.83. The summed E-state index contributed by atoms with van der Waals surface area (Å²) in [6.07, 6.45) is 2.73. The van der Waals surface area contributed by atoms with Crippen LogP contribution in [0.15, 0.2) is 30.3 Å². The Kier molecular flexibility index (Phi) is 5.95. The van der Waals surface area contributed by atoms with Crippen molar-refractivity contribution in [1.82, 2.24) is 9.80 Å². The molecule has 0 spiro atoms. The molecule has 2 N–H and O–H groups in total. The quantitative estimate of drug-likeness (QED) is 0.746. The molecule has 1 aliphatic carbocycles.